The number of halogens is 3. The van der Waals surface area contributed by atoms with Crippen molar-refractivity contribution in [3.05, 3.63) is 143 Å². The Bertz CT molecular complexity index is 4600. The third-order valence-corrected chi connectivity index (χ3v) is 38.5. The number of nitrogens with one attached hydrogen (secondary N) is 2. The average Bonchev–Trinajstić information content (AvgIpc) is 0.805. The van der Waals surface area contributed by atoms with E-state index in [9.17, 15) is 28.8 Å². The van der Waals surface area contributed by atoms with E-state index >= 15 is 0 Å². The zero-order valence-corrected chi connectivity index (χ0v) is 94.9. The molecule has 2 amide bonds. The number of fused-ring (bicyclic) bond motifs is 16. The second-order valence-corrected chi connectivity index (χ2v) is 57.3. The molecule has 18 heteroatoms. The van der Waals surface area contributed by atoms with Crippen LogP contribution in [0.3, 0.4) is 0 Å². The second kappa shape index (κ2) is 54.1. The normalized spacial score (nSPS) is 31.2. The summed E-state index contributed by atoms with van der Waals surface area (Å²) in [6, 6.07) is 24.7. The van der Waals surface area contributed by atoms with Crippen LogP contribution >= 0.6 is 97.9 Å². The molecule has 3 aromatic heterocycles. The Labute approximate surface area is 875 Å². The number of carbonyl (C=O) groups excluding carboxylic acids is 5. The van der Waals surface area contributed by atoms with Crippen LogP contribution < -0.4 is 16.4 Å². The molecule has 744 valence electrons. The molecule has 5 N–H and O–H groups in total. The quantitative estimate of drug-likeness (QED) is 0.0564. The van der Waals surface area contributed by atoms with Crippen molar-refractivity contribution in [3.8, 4) is 0 Å². The number of carboxylic acid groups (broad SMARTS) is 1. The summed E-state index contributed by atoms with van der Waals surface area (Å²) in [7, 11) is 0.628. The van der Waals surface area contributed by atoms with E-state index in [2.05, 4.69) is 220 Å². The van der Waals surface area contributed by atoms with Gasteiger partial charge >= 0.3 is 55.4 Å². The van der Waals surface area contributed by atoms with E-state index < -0.39 is 5.97 Å². The first kappa shape index (κ1) is 126. The molecule has 19 saturated carbocycles. The number of allylic oxidation sites excluding steroid dienone is 3. The number of amides is 2. The molecule has 0 unspecified atom stereocenters. The number of rotatable bonds is 11. The standard InChI is InChI=1S/C20H23NO2S.C20H25NOS.C12H20.C11H21N.C11H18O.C10H16.C9H6O2S.C9H14O.3C2H6.C2H4.4CH4.3HI.2V/c1-20(2)13-9-12(7-8-22)18(16(20)10-13)21-19(23)15-11-24-17-6-4-3-5-14(15)17;1-4-12-9-13-10-16(20(13,2)3)18(12)21-19(22)15-11-23-17-8-6-5-7-14(15)17;1-5-9-6-10-7-11(8(9)2)12(10,3)4;2*1-4-7-5-8-6-9(10(7)12)11(8,2)3;1-7-4-5-8-6-9(7)10(8,2)3;10-9(11)7-5-12-8-4-2-1-3-6(7)8;1-9(2)6-3-4-8(10)7(9)5-6;4*1-2;;;;;;;;;/h3-6,8,11-13,16,18H,7,9-10H2,1-2H3,(H,21,23);5-8,11-13,16,18H,4,9-10H2,1-3H3,(H,21,22);9-11H,2,5-7H2,1,3-4H3;7-10H,4-6,12H2,1-3H3;7-9H,4-6H2,1-3H3;4,8-9H,5-6H2,1-3H3;1-5H,(H,10,11);6-7H,3-5H2,1-2H3;3*1-2H3;1-2H2;4*1H4;3*1H;;/q;;;;;;;;;;;;;;;;;;;;+2/p-2/t2*12-,13-,16-,18+;9-,10-,11-;7-,8-,9-,10+;7-,8-,9-;8-,9-;;6-,7-;;;;;;;;;;;;;/m000000.0............./s1. The van der Waals surface area contributed by atoms with Crippen molar-refractivity contribution in [1.82, 2.24) is 10.6 Å². The zero-order valence-electron chi connectivity index (χ0n) is 83.0. The Morgan fingerprint density at radius 1 is 0.477 bits per heavy atom. The van der Waals surface area contributed by atoms with Crippen molar-refractivity contribution in [2.45, 2.75) is 349 Å². The van der Waals surface area contributed by atoms with Crippen LogP contribution in [0.15, 0.2) is 126 Å². The number of aldehydes is 1. The van der Waals surface area contributed by atoms with Crippen LogP contribution in [0, 0.1) is 150 Å². The van der Waals surface area contributed by atoms with Crippen molar-refractivity contribution >= 4 is 164 Å². The third-order valence-electron chi connectivity index (χ3n) is 35.6. The number of nitrogens with two attached hydrogens (primary N) is 1. The van der Waals surface area contributed by atoms with E-state index in [0.29, 0.717) is 119 Å². The van der Waals surface area contributed by atoms with Crippen LogP contribution in [0.4, 0.5) is 0 Å². The van der Waals surface area contributed by atoms with Crippen molar-refractivity contribution in [2.75, 3.05) is 0 Å². The molecule has 22 atom stereocenters. The van der Waals surface area contributed by atoms with E-state index in [1.54, 1.807) is 39.2 Å². The zero-order chi connectivity index (χ0) is 93.8. The van der Waals surface area contributed by atoms with Crippen molar-refractivity contribution in [2.24, 2.45) is 156 Å². The molecule has 1 radical (unpaired) electrons. The van der Waals surface area contributed by atoms with Crippen LogP contribution in [0.5, 0.6) is 0 Å². The predicted octanol–water partition coefficient (Wildman–Crippen LogP) is 34.5. The number of hydrogen-bond donors (Lipinski definition) is 4. The van der Waals surface area contributed by atoms with Crippen LogP contribution in [-0.2, 0) is 42.4 Å². The first-order chi connectivity index (χ1) is 59.7. The van der Waals surface area contributed by atoms with Crippen molar-refractivity contribution < 1.29 is 61.9 Å². The minimum absolute atomic E-state index is 0. The number of benzene rings is 3. The molecule has 132 heavy (non-hydrogen) atoms. The van der Waals surface area contributed by atoms with E-state index in [1.165, 1.54) is 112 Å². The summed E-state index contributed by atoms with van der Waals surface area (Å²) in [5.41, 5.74) is 14.6. The molecule has 3 heterocycles. The summed E-state index contributed by atoms with van der Waals surface area (Å²) >= 11 is 9.47. The van der Waals surface area contributed by atoms with Gasteiger partial charge in [0, 0.05) is 114 Å². The van der Waals surface area contributed by atoms with E-state index in [1.807, 2.05) is 113 Å². The van der Waals surface area contributed by atoms with Crippen molar-refractivity contribution in [1.29, 1.82) is 0 Å². The summed E-state index contributed by atoms with van der Waals surface area (Å²) in [4.78, 5) is 70.7. The topological polar surface area (TPSA) is 173 Å². The van der Waals surface area contributed by atoms with Gasteiger partial charge in [-0.2, -0.15) is 0 Å². The Morgan fingerprint density at radius 3 is 1.15 bits per heavy atom. The molecule has 10 nitrogen and oxygen atoms in total. The van der Waals surface area contributed by atoms with Gasteiger partial charge in [-0.05, 0) is 260 Å². The van der Waals surface area contributed by atoms with Gasteiger partial charge in [0.1, 0.15) is 17.9 Å². The number of carbonyl (C=O) groups is 6. The third kappa shape index (κ3) is 26.3. The summed E-state index contributed by atoms with van der Waals surface area (Å²) < 4.78 is 3.35. The van der Waals surface area contributed by atoms with Gasteiger partial charge < -0.3 is 26.3 Å². The molecule has 27 rings (SSSR count). The van der Waals surface area contributed by atoms with Gasteiger partial charge in [0.2, 0.25) is 0 Å². The summed E-state index contributed by atoms with van der Waals surface area (Å²) in [5.74, 6) is 14.1. The first-order valence-corrected chi connectivity index (χ1v) is 60.6. The molecule has 21 aliphatic carbocycles. The fourth-order valence-electron chi connectivity index (χ4n) is 25.8. The molecule has 0 aliphatic heterocycles. The Balaban J connectivity index is 0.000000509. The van der Waals surface area contributed by atoms with Crippen LogP contribution in [0.25, 0.3) is 30.3 Å². The van der Waals surface area contributed by atoms with Gasteiger partial charge in [0.25, 0.3) is 11.8 Å². The SMILES string of the molecule is C.C.C.C.C=C.C=C1[C@@H](CC)C[C@H]2C[C@@H]1C2(C)C.CC.CC.CC.CC1(C)[C@H]2CCC(=O)[C@@H]1C2.CC1(C)[C@H]2C[C@H](CC=O)[C@@H](NC(=O)c3csc4ccccc34)[C@@H]1C2.CC1=CC[C@H]2C[C@@H]1C2(C)C.CC[C@H]1C[C@H]2C[C@@H](C1=O)C2(C)C.CC[C@H]1C[C@H]2C[C@@H]([C@@H]1N)C2(C)C.CC[C@H]1C[C@H]2C[C@@H]([C@@H]1NC(=O)c1csc3ccccc13)C2(C)C.I.O=C(O)c1csc2ccccc12.[I][V][I].[V]. The van der Waals surface area contributed by atoms with Gasteiger partial charge in [0.15, 0.2) is 0 Å². The van der Waals surface area contributed by atoms with Gasteiger partial charge in [-0.1, -0.05) is 287 Å². The molecular weight excluding hydrogens is 2100 g/mol. The average molecular weight is 2290 g/mol. The Hall–Kier alpha value is -2.50. The van der Waals surface area contributed by atoms with Crippen LogP contribution in [0.1, 0.15) is 362 Å². The maximum Gasteiger partial charge on any atom is 0 e. The number of aromatic carboxylic acids is 1. The van der Waals surface area contributed by atoms with Crippen LogP contribution in [0.2, 0.25) is 0 Å². The maximum absolute atomic E-state index is 12.9. The summed E-state index contributed by atoms with van der Waals surface area (Å²) in [6.07, 6.45) is 27.6. The summed E-state index contributed by atoms with van der Waals surface area (Å²) in [5, 5.41) is 24.1. The minimum Gasteiger partial charge on any atom is 0 e. The number of hydrogen-bond acceptors (Lipinski definition) is 10. The fourth-order valence-corrected chi connectivity index (χ4v) is 28.6. The van der Waals surface area contributed by atoms with E-state index in [-0.39, 0.29) is 101 Å². The Kier molecular flexibility index (Phi) is 51.5. The monoisotopic (exact) mass is 2280 g/mol. The molecule has 0 saturated heterocycles. The number of thiophene rings is 3. The smallest absolute Gasteiger partial charge is 0 e. The number of carboxylic acids is 1. The second-order valence-electron chi connectivity index (χ2n) is 42.7. The van der Waals surface area contributed by atoms with Crippen molar-refractivity contribution in [3.63, 3.8) is 0 Å². The molecule has 14 bridgehead atoms. The molecule has 3 aromatic carbocycles. The van der Waals surface area contributed by atoms with Gasteiger partial charge in [0.05, 0.1) is 16.7 Å². The first-order valence-electron chi connectivity index (χ1n) is 49.0. The maximum atomic E-state index is 12.9. The Morgan fingerprint density at radius 2 is 0.826 bits per heavy atom. The molecule has 21 aliphatic rings. The molecular formula is C114H182I3N3O7S3V2. The fraction of sp³-hybridized carbons (Fsp3) is 0.684. The molecule has 6 aromatic rings. The van der Waals surface area contributed by atoms with E-state index in [0.717, 1.165) is 134 Å². The number of ketones is 2. The van der Waals surface area contributed by atoms with E-state index in [4.69, 9.17) is 10.8 Å². The van der Waals surface area contributed by atoms with Gasteiger partial charge in [-0.3, -0.25) is 19.2 Å². The van der Waals surface area contributed by atoms with Gasteiger partial charge in [-0.15, -0.1) is 71.1 Å². The minimum atomic E-state index is -0.854. The largest absolute Gasteiger partial charge is 0 e. The van der Waals surface area contributed by atoms with Gasteiger partial charge in [-0.25, -0.2) is 4.79 Å². The van der Waals surface area contributed by atoms with Crippen LogP contribution in [-0.4, -0.2) is 58.9 Å². The number of Topliss-reactive ketones (excluding diaryl/α,β-unsaturated/α-hetero) is 2. The molecule has 19 fully saturated rings. The molecule has 0 spiro atoms. The summed E-state index contributed by atoms with van der Waals surface area (Å²) in [6.45, 7) is 66.4. The predicted molar refractivity (Wildman–Crippen MR) is 595 cm³/mol.